The SMILES string of the molecule is Nc1nccc(OC(c2c(Br)cccc2Br)C(F)(F)F)n1. The third-order valence-corrected chi connectivity index (χ3v) is 3.83. The Balaban J connectivity index is 2.45. The van der Waals surface area contributed by atoms with Gasteiger partial charge in [0.05, 0.1) is 0 Å². The summed E-state index contributed by atoms with van der Waals surface area (Å²) in [5.41, 5.74) is 5.26. The Morgan fingerprint density at radius 2 is 1.76 bits per heavy atom. The highest BCUT2D eigenvalue weighted by atomic mass is 79.9. The number of nitrogen functional groups attached to an aromatic ring is 1. The quantitative estimate of drug-likeness (QED) is 0.796. The minimum absolute atomic E-state index is 0.0813. The molecule has 0 spiro atoms. The molecule has 21 heavy (non-hydrogen) atoms. The lowest BCUT2D eigenvalue weighted by atomic mass is 10.1. The summed E-state index contributed by atoms with van der Waals surface area (Å²) < 4.78 is 45.5. The summed E-state index contributed by atoms with van der Waals surface area (Å²) in [6.45, 7) is 0. The molecule has 1 atom stereocenters. The van der Waals surface area contributed by atoms with Crippen molar-refractivity contribution >= 4 is 37.8 Å². The Morgan fingerprint density at radius 3 is 2.29 bits per heavy atom. The third kappa shape index (κ3) is 3.85. The molecule has 112 valence electrons. The van der Waals surface area contributed by atoms with Crippen LogP contribution in [0.15, 0.2) is 39.4 Å². The molecule has 1 heterocycles. The van der Waals surface area contributed by atoms with Crippen LogP contribution in [0.25, 0.3) is 0 Å². The smallest absolute Gasteiger partial charge is 0.429 e. The third-order valence-electron chi connectivity index (χ3n) is 2.45. The molecular formula is C12H8Br2F3N3O. The van der Waals surface area contributed by atoms with E-state index in [1.54, 1.807) is 6.07 Å². The zero-order valence-electron chi connectivity index (χ0n) is 10.2. The molecule has 9 heteroatoms. The van der Waals surface area contributed by atoms with Crippen LogP contribution in [-0.4, -0.2) is 16.1 Å². The summed E-state index contributed by atoms with van der Waals surface area (Å²) in [7, 11) is 0. The number of aromatic nitrogens is 2. The number of hydrogen-bond acceptors (Lipinski definition) is 4. The lowest BCUT2D eigenvalue weighted by Gasteiger charge is -2.23. The van der Waals surface area contributed by atoms with Crippen LogP contribution in [0.4, 0.5) is 19.1 Å². The maximum atomic E-state index is 13.3. The van der Waals surface area contributed by atoms with Crippen molar-refractivity contribution in [2.75, 3.05) is 5.73 Å². The Hall–Kier alpha value is -1.35. The average molecular weight is 427 g/mol. The average Bonchev–Trinajstić information content (AvgIpc) is 2.36. The van der Waals surface area contributed by atoms with E-state index in [1.165, 1.54) is 24.4 Å². The first kappa shape index (κ1) is 16.0. The molecule has 0 bridgehead atoms. The van der Waals surface area contributed by atoms with Gasteiger partial charge in [-0.05, 0) is 12.1 Å². The fourth-order valence-electron chi connectivity index (χ4n) is 1.59. The van der Waals surface area contributed by atoms with Crippen molar-refractivity contribution in [1.82, 2.24) is 9.97 Å². The molecule has 2 rings (SSSR count). The van der Waals surface area contributed by atoms with Crippen LogP contribution in [0.3, 0.4) is 0 Å². The number of nitrogens with two attached hydrogens (primary N) is 1. The molecule has 0 fully saturated rings. The van der Waals surface area contributed by atoms with Crippen molar-refractivity contribution in [1.29, 1.82) is 0 Å². The van der Waals surface area contributed by atoms with Crippen molar-refractivity contribution in [3.05, 3.63) is 45.0 Å². The highest BCUT2D eigenvalue weighted by Crippen LogP contribution is 2.42. The van der Waals surface area contributed by atoms with Crippen molar-refractivity contribution in [3.63, 3.8) is 0 Å². The van der Waals surface area contributed by atoms with E-state index < -0.39 is 12.3 Å². The van der Waals surface area contributed by atoms with E-state index >= 15 is 0 Å². The normalized spacial score (nSPS) is 13.0. The monoisotopic (exact) mass is 425 g/mol. The van der Waals surface area contributed by atoms with E-state index in [2.05, 4.69) is 41.8 Å². The Labute approximate surface area is 134 Å². The predicted octanol–water partition coefficient (Wildman–Crippen LogP) is 4.27. The number of halogens is 5. The first-order chi connectivity index (χ1) is 9.79. The highest BCUT2D eigenvalue weighted by Gasteiger charge is 2.45. The second-order valence-electron chi connectivity index (χ2n) is 3.93. The Bertz CT molecular complexity index is 632. The van der Waals surface area contributed by atoms with Gasteiger partial charge in [-0.1, -0.05) is 37.9 Å². The fourth-order valence-corrected chi connectivity index (χ4v) is 3.01. The summed E-state index contributed by atoms with van der Waals surface area (Å²) in [5, 5.41) is 0. The molecule has 1 aromatic heterocycles. The molecule has 0 aliphatic carbocycles. The maximum absolute atomic E-state index is 13.3. The molecule has 4 nitrogen and oxygen atoms in total. The summed E-state index contributed by atoms with van der Waals surface area (Å²) in [6, 6.07) is 5.81. The lowest BCUT2D eigenvalue weighted by Crippen LogP contribution is -2.27. The van der Waals surface area contributed by atoms with Crippen LogP contribution >= 0.6 is 31.9 Å². The number of anilines is 1. The first-order valence-corrected chi connectivity index (χ1v) is 7.13. The molecule has 0 radical (unpaired) electrons. The largest absolute Gasteiger partial charge is 0.459 e. The Kier molecular flexibility index (Phi) is 4.72. The van der Waals surface area contributed by atoms with Crippen LogP contribution in [-0.2, 0) is 0 Å². The zero-order valence-corrected chi connectivity index (χ0v) is 13.4. The van der Waals surface area contributed by atoms with Gasteiger partial charge in [-0.3, -0.25) is 0 Å². The zero-order chi connectivity index (χ0) is 15.6. The van der Waals surface area contributed by atoms with Gasteiger partial charge in [0.25, 0.3) is 0 Å². The minimum atomic E-state index is -4.63. The van der Waals surface area contributed by atoms with Crippen molar-refractivity contribution < 1.29 is 17.9 Å². The maximum Gasteiger partial charge on any atom is 0.429 e. The lowest BCUT2D eigenvalue weighted by molar-refractivity contribution is -0.199. The summed E-state index contributed by atoms with van der Waals surface area (Å²) >= 11 is 6.20. The molecule has 0 saturated carbocycles. The fraction of sp³-hybridized carbons (Fsp3) is 0.167. The van der Waals surface area contributed by atoms with E-state index in [-0.39, 0.29) is 26.3 Å². The number of alkyl halides is 3. The van der Waals surface area contributed by atoms with E-state index in [0.717, 1.165) is 0 Å². The number of benzene rings is 1. The highest BCUT2D eigenvalue weighted by molar-refractivity contribution is 9.11. The van der Waals surface area contributed by atoms with Gasteiger partial charge in [0, 0.05) is 26.8 Å². The molecule has 0 aliphatic rings. The van der Waals surface area contributed by atoms with Crippen molar-refractivity contribution in [2.45, 2.75) is 12.3 Å². The molecule has 0 aliphatic heterocycles. The summed E-state index contributed by atoms with van der Waals surface area (Å²) in [5.74, 6) is -0.424. The molecule has 0 saturated heterocycles. The minimum Gasteiger partial charge on any atom is -0.459 e. The van der Waals surface area contributed by atoms with E-state index in [9.17, 15) is 13.2 Å². The predicted molar refractivity (Wildman–Crippen MR) is 77.7 cm³/mol. The molecule has 1 unspecified atom stereocenters. The summed E-state index contributed by atoms with van der Waals surface area (Å²) in [4.78, 5) is 7.23. The second kappa shape index (κ2) is 6.18. The van der Waals surface area contributed by atoms with E-state index in [0.29, 0.717) is 0 Å². The van der Waals surface area contributed by atoms with Crippen LogP contribution in [0.5, 0.6) is 5.88 Å². The number of ether oxygens (including phenoxy) is 1. The van der Waals surface area contributed by atoms with Gasteiger partial charge in [0.15, 0.2) is 0 Å². The van der Waals surface area contributed by atoms with Crippen molar-refractivity contribution in [3.8, 4) is 5.88 Å². The molecule has 2 aromatic rings. The van der Waals surface area contributed by atoms with Crippen LogP contribution < -0.4 is 10.5 Å². The van der Waals surface area contributed by atoms with Gasteiger partial charge in [-0.2, -0.15) is 18.2 Å². The van der Waals surface area contributed by atoms with Crippen LogP contribution in [0, 0.1) is 0 Å². The van der Waals surface area contributed by atoms with Gasteiger partial charge in [-0.15, -0.1) is 0 Å². The number of rotatable bonds is 3. The number of nitrogens with zero attached hydrogens (tertiary/aromatic N) is 2. The summed E-state index contributed by atoms with van der Waals surface area (Å²) in [6.07, 6.45) is -5.61. The van der Waals surface area contributed by atoms with Gasteiger partial charge in [0.1, 0.15) is 0 Å². The molecule has 0 amide bonds. The standard InChI is InChI=1S/C12H8Br2F3N3O/c13-6-2-1-3-7(14)9(6)10(12(15,16)17)21-8-4-5-19-11(18)20-8/h1-5,10H,(H2,18,19,20). The topological polar surface area (TPSA) is 61.0 Å². The van der Waals surface area contributed by atoms with Gasteiger partial charge >= 0.3 is 6.18 Å². The van der Waals surface area contributed by atoms with Crippen LogP contribution in [0.2, 0.25) is 0 Å². The second-order valence-corrected chi connectivity index (χ2v) is 5.64. The number of hydrogen-bond donors (Lipinski definition) is 1. The van der Waals surface area contributed by atoms with Gasteiger partial charge < -0.3 is 10.5 Å². The van der Waals surface area contributed by atoms with E-state index in [1.807, 2.05) is 0 Å². The van der Waals surface area contributed by atoms with E-state index in [4.69, 9.17) is 10.5 Å². The van der Waals surface area contributed by atoms with Gasteiger partial charge in [0.2, 0.25) is 17.9 Å². The van der Waals surface area contributed by atoms with Gasteiger partial charge in [-0.25, -0.2) is 4.98 Å². The Morgan fingerprint density at radius 1 is 1.14 bits per heavy atom. The molecule has 1 aromatic carbocycles. The first-order valence-electron chi connectivity index (χ1n) is 5.55. The van der Waals surface area contributed by atoms with Crippen LogP contribution in [0.1, 0.15) is 11.7 Å². The molecule has 2 N–H and O–H groups in total. The molecular weight excluding hydrogens is 419 g/mol. The van der Waals surface area contributed by atoms with Crippen molar-refractivity contribution in [2.24, 2.45) is 0 Å².